The number of aliphatic hydroxyl groups is 1. The van der Waals surface area contributed by atoms with Crippen molar-refractivity contribution >= 4 is 23.2 Å². The number of halogens is 2. The van der Waals surface area contributed by atoms with Crippen LogP contribution in [0.25, 0.3) is 0 Å². The Morgan fingerprint density at radius 2 is 1.73 bits per heavy atom. The molecule has 3 aliphatic heterocycles. The quantitative estimate of drug-likeness (QED) is 0.543. The largest absolute Gasteiger partial charge is 0.381 e. The van der Waals surface area contributed by atoms with E-state index in [2.05, 4.69) is 0 Å². The Morgan fingerprint density at radius 3 is 2.35 bits per heavy atom. The first kappa shape index (κ1) is 18.9. The third-order valence-electron chi connectivity index (χ3n) is 4.95. The average Bonchev–Trinajstić information content (AvgIpc) is 2.65. The van der Waals surface area contributed by atoms with E-state index in [4.69, 9.17) is 51.6 Å². The van der Waals surface area contributed by atoms with Crippen molar-refractivity contribution in [1.82, 2.24) is 0 Å². The van der Waals surface area contributed by atoms with Gasteiger partial charge in [-0.25, -0.2) is 0 Å². The fourth-order valence-electron chi connectivity index (χ4n) is 3.74. The molecule has 1 aromatic carbocycles. The Kier molecular flexibility index (Phi) is 5.44. The van der Waals surface area contributed by atoms with Crippen LogP contribution in [-0.4, -0.2) is 66.4 Å². The van der Waals surface area contributed by atoms with Gasteiger partial charge in [0, 0.05) is 7.11 Å². The van der Waals surface area contributed by atoms with Crippen LogP contribution in [0.1, 0.15) is 5.56 Å². The fourth-order valence-corrected chi connectivity index (χ4v) is 4.23. The van der Waals surface area contributed by atoms with Crippen molar-refractivity contribution in [1.29, 1.82) is 0 Å². The van der Waals surface area contributed by atoms with E-state index in [1.54, 1.807) is 0 Å². The number of rotatable bonds is 7. The van der Waals surface area contributed by atoms with Crippen LogP contribution in [0.5, 0.6) is 0 Å². The summed E-state index contributed by atoms with van der Waals surface area (Å²) in [4.78, 5) is -1.17. The molecule has 3 heterocycles. The third kappa shape index (κ3) is 3.05. The Labute approximate surface area is 161 Å². The lowest BCUT2D eigenvalue weighted by Crippen LogP contribution is -2.82. The van der Waals surface area contributed by atoms with Crippen molar-refractivity contribution in [3.05, 3.63) is 35.9 Å². The van der Waals surface area contributed by atoms with Gasteiger partial charge in [0.1, 0.15) is 42.1 Å². The van der Waals surface area contributed by atoms with E-state index < -0.39 is 47.4 Å². The second kappa shape index (κ2) is 7.50. The topological polar surface area (TPSA) is 75.6 Å². The highest BCUT2D eigenvalue weighted by Gasteiger charge is 2.71. The minimum absolute atomic E-state index is 0.00268. The highest BCUT2D eigenvalue weighted by atomic mass is 35.5. The molecule has 1 saturated carbocycles. The van der Waals surface area contributed by atoms with E-state index in [0.29, 0.717) is 6.61 Å². The van der Waals surface area contributed by atoms with Crippen molar-refractivity contribution < 1.29 is 33.5 Å². The van der Waals surface area contributed by atoms with Crippen LogP contribution in [0, 0.1) is 0 Å². The first-order valence-electron chi connectivity index (χ1n) is 8.28. The van der Waals surface area contributed by atoms with Gasteiger partial charge in [-0.2, -0.15) is 0 Å². The summed E-state index contributed by atoms with van der Waals surface area (Å²) in [6.45, 7) is -0.609. The maximum Gasteiger partial charge on any atom is 0.273 e. The average molecular weight is 407 g/mol. The van der Waals surface area contributed by atoms with Crippen LogP contribution in [-0.2, 0) is 35.0 Å². The highest BCUT2D eigenvalue weighted by molar-refractivity contribution is 6.45. The molecule has 1 aliphatic carbocycles. The summed E-state index contributed by atoms with van der Waals surface area (Å²) in [7, 11) is 1.50. The molecule has 0 radical (unpaired) electrons. The van der Waals surface area contributed by atoms with Gasteiger partial charge >= 0.3 is 0 Å². The van der Waals surface area contributed by atoms with E-state index in [0.717, 1.165) is 5.56 Å². The van der Waals surface area contributed by atoms with Crippen LogP contribution in [0.4, 0.5) is 0 Å². The molecule has 3 saturated heterocycles. The normalized spacial score (nSPS) is 41.1. The van der Waals surface area contributed by atoms with Gasteiger partial charge in [0.15, 0.2) is 5.60 Å². The number of ether oxygens (including phenoxy) is 6. The van der Waals surface area contributed by atoms with Crippen LogP contribution in [0.3, 0.4) is 0 Å². The SMILES string of the molecule is COCO[C@@H]1[C@H]2O[C@@H]3O[C@H]([C@H]2OCc2ccccc2)[C@@](O)(C(Cl)Cl)[C@H]1O3. The first-order chi connectivity index (χ1) is 12.6. The Morgan fingerprint density at radius 1 is 1.08 bits per heavy atom. The second-order valence-electron chi connectivity index (χ2n) is 6.49. The molecule has 9 heteroatoms. The van der Waals surface area contributed by atoms with Gasteiger partial charge in [-0.3, -0.25) is 0 Å². The fraction of sp³-hybridized carbons (Fsp3) is 0.647. The molecular formula is C17H20Cl2O7. The minimum atomic E-state index is -1.71. The smallest absolute Gasteiger partial charge is 0.273 e. The molecule has 26 heavy (non-hydrogen) atoms. The van der Waals surface area contributed by atoms with Crippen molar-refractivity contribution in [2.45, 2.75) is 54.0 Å². The molecular weight excluding hydrogens is 387 g/mol. The van der Waals surface area contributed by atoms with Crippen molar-refractivity contribution in [3.63, 3.8) is 0 Å². The molecule has 1 aromatic rings. The number of benzene rings is 1. The molecule has 1 N–H and O–H groups in total. The molecule has 4 aliphatic rings. The van der Waals surface area contributed by atoms with Gasteiger partial charge in [-0.1, -0.05) is 30.3 Å². The van der Waals surface area contributed by atoms with Gasteiger partial charge in [0.05, 0.1) is 6.61 Å². The summed E-state index contributed by atoms with van der Waals surface area (Å²) in [5, 5.41) is 11.2. The summed E-state index contributed by atoms with van der Waals surface area (Å²) in [6.07, 6.45) is -3.45. The standard InChI is InChI=1S/C17H20Cl2O7/c1-21-8-23-12-10-11(22-7-9-5-3-2-4-6-9)13-17(20,15(18)19)14(12)26-16(24-10)25-13/h2-6,10-16,20H,7-8H2,1H3/t10-,11-,12+,13+,14-,16+,17-/m0/s1. The van der Waals surface area contributed by atoms with E-state index >= 15 is 0 Å². The molecule has 4 fully saturated rings. The van der Waals surface area contributed by atoms with E-state index in [1.165, 1.54) is 7.11 Å². The predicted molar refractivity (Wildman–Crippen MR) is 90.6 cm³/mol. The summed E-state index contributed by atoms with van der Waals surface area (Å²) in [5.41, 5.74) is -0.733. The molecule has 144 valence electrons. The van der Waals surface area contributed by atoms with Gasteiger partial charge < -0.3 is 33.5 Å². The lowest BCUT2D eigenvalue weighted by Gasteiger charge is -2.62. The van der Waals surface area contributed by atoms with Crippen LogP contribution < -0.4 is 0 Å². The summed E-state index contributed by atoms with van der Waals surface area (Å²) < 4.78 is 33.8. The molecule has 5 rings (SSSR count). The van der Waals surface area contributed by atoms with Crippen molar-refractivity contribution in [2.75, 3.05) is 13.9 Å². The molecule has 7 nitrogen and oxygen atoms in total. The van der Waals surface area contributed by atoms with Gasteiger partial charge in [0.25, 0.3) is 6.48 Å². The molecule has 4 bridgehead atoms. The molecule has 0 amide bonds. The summed E-state index contributed by atoms with van der Waals surface area (Å²) >= 11 is 12.2. The number of methoxy groups -OCH3 is 1. The Bertz CT molecular complexity index is 618. The Hall–Kier alpha value is -0.480. The van der Waals surface area contributed by atoms with Gasteiger partial charge in [-0.15, -0.1) is 23.2 Å². The Balaban J connectivity index is 1.60. The predicted octanol–water partition coefficient (Wildman–Crippen LogP) is 1.58. The zero-order valence-electron chi connectivity index (χ0n) is 14.0. The van der Waals surface area contributed by atoms with Crippen molar-refractivity contribution in [2.24, 2.45) is 0 Å². The molecule has 7 atom stereocenters. The van der Waals surface area contributed by atoms with Crippen LogP contribution in [0.2, 0.25) is 0 Å². The van der Waals surface area contributed by atoms with E-state index in [1.807, 2.05) is 30.3 Å². The zero-order chi connectivity index (χ0) is 18.3. The maximum atomic E-state index is 11.2. The number of hydrogen-bond donors (Lipinski definition) is 1. The van der Waals surface area contributed by atoms with E-state index in [9.17, 15) is 5.11 Å². The van der Waals surface area contributed by atoms with Gasteiger partial charge in [-0.05, 0) is 5.56 Å². The number of alkyl halides is 2. The zero-order valence-corrected chi connectivity index (χ0v) is 15.5. The van der Waals surface area contributed by atoms with E-state index in [-0.39, 0.29) is 6.79 Å². The maximum absolute atomic E-state index is 11.2. The van der Waals surface area contributed by atoms with Crippen molar-refractivity contribution in [3.8, 4) is 0 Å². The second-order valence-corrected chi connectivity index (χ2v) is 7.59. The molecule has 0 spiro atoms. The molecule has 0 aromatic heterocycles. The first-order valence-corrected chi connectivity index (χ1v) is 9.16. The van der Waals surface area contributed by atoms with Crippen LogP contribution in [0.15, 0.2) is 30.3 Å². The van der Waals surface area contributed by atoms with Gasteiger partial charge in [0.2, 0.25) is 0 Å². The highest BCUT2D eigenvalue weighted by Crippen LogP contribution is 2.50. The minimum Gasteiger partial charge on any atom is -0.381 e. The lowest BCUT2D eigenvalue weighted by atomic mass is 9.73. The van der Waals surface area contributed by atoms with Crippen LogP contribution >= 0.6 is 23.2 Å². The lowest BCUT2D eigenvalue weighted by molar-refractivity contribution is -0.505. The summed E-state index contributed by atoms with van der Waals surface area (Å²) in [5.74, 6) is 0. The third-order valence-corrected chi connectivity index (χ3v) is 5.65. The monoisotopic (exact) mass is 406 g/mol. The summed E-state index contributed by atoms with van der Waals surface area (Å²) in [6, 6.07) is 9.65. The molecule has 0 unspecified atom stereocenters. The number of hydrogen-bond acceptors (Lipinski definition) is 7.